The summed E-state index contributed by atoms with van der Waals surface area (Å²) < 4.78 is 9.58. The van der Waals surface area contributed by atoms with Gasteiger partial charge in [0, 0.05) is 18.2 Å². The Labute approximate surface area is 190 Å². The van der Waals surface area contributed by atoms with Crippen molar-refractivity contribution in [1.29, 1.82) is 0 Å². The summed E-state index contributed by atoms with van der Waals surface area (Å²) in [5.41, 5.74) is 5.48. The van der Waals surface area contributed by atoms with Crippen molar-refractivity contribution in [3.05, 3.63) is 55.3 Å². The normalized spacial score (nSPS) is 10.4. The largest absolute Gasteiger partial charge is 0.462 e. The number of hydrogen-bond donors (Lipinski definition) is 1. The number of rotatable bonds is 5. The summed E-state index contributed by atoms with van der Waals surface area (Å²) in [5, 5.41) is 25.1. The van der Waals surface area contributed by atoms with Gasteiger partial charge in [-0.1, -0.05) is 16.8 Å². The average molecular weight is 499 g/mol. The van der Waals surface area contributed by atoms with Gasteiger partial charge in [-0.15, -0.1) is 0 Å². The fourth-order valence-corrected chi connectivity index (χ4v) is 4.11. The molecule has 4 aromatic rings. The van der Waals surface area contributed by atoms with Gasteiger partial charge in [0.05, 0.1) is 28.0 Å². The Morgan fingerprint density at radius 3 is 2.47 bits per heavy atom. The smallest absolute Gasteiger partial charge is 0.341 e. The van der Waals surface area contributed by atoms with E-state index in [1.165, 1.54) is 12.3 Å². The predicted octanol–water partition coefficient (Wildman–Crippen LogP) is 4.32. The molecule has 0 atom stereocenters. The molecule has 0 fully saturated rings. The molecule has 0 aliphatic rings. The number of nitrogens with zero attached hydrogens (tertiary/aromatic N) is 5. The molecular weight excluding hydrogens is 488 g/mol. The number of ether oxygens (including phenoxy) is 1. The topological polar surface area (TPSA) is 190 Å². The number of esters is 1. The lowest BCUT2D eigenvalue weighted by atomic mass is 10.3. The van der Waals surface area contributed by atoms with E-state index in [2.05, 4.69) is 19.9 Å². The van der Waals surface area contributed by atoms with Gasteiger partial charge in [-0.2, -0.15) is 0 Å². The number of anilines is 1. The fourth-order valence-electron chi connectivity index (χ4n) is 2.26. The second-order valence-electron chi connectivity index (χ2n) is 5.62. The van der Waals surface area contributed by atoms with Crippen molar-refractivity contribution in [1.82, 2.24) is 15.1 Å². The zero-order valence-electron chi connectivity index (χ0n) is 15.9. The second kappa shape index (κ2) is 9.63. The van der Waals surface area contributed by atoms with E-state index in [4.69, 9.17) is 21.9 Å². The third-order valence-electron chi connectivity index (χ3n) is 3.59. The summed E-state index contributed by atoms with van der Waals surface area (Å²) in [4.78, 5) is 39.8. The number of halogens is 1. The maximum absolute atomic E-state index is 11.2. The number of hydrogen-bond acceptors (Lipinski definition) is 13. The van der Waals surface area contributed by atoms with Gasteiger partial charge < -0.3 is 15.0 Å². The predicted molar refractivity (Wildman–Crippen MR) is 116 cm³/mol. The van der Waals surface area contributed by atoms with Gasteiger partial charge in [0.2, 0.25) is 11.6 Å². The molecule has 166 valence electrons. The Balaban J connectivity index is 0.000000188. The van der Waals surface area contributed by atoms with Crippen LogP contribution in [0.4, 0.5) is 15.0 Å². The number of nitro groups is 2. The van der Waals surface area contributed by atoms with E-state index in [1.807, 2.05) is 0 Å². The summed E-state index contributed by atoms with van der Waals surface area (Å²) in [5.74, 6) is -0.0223. The molecule has 4 rings (SSSR count). The van der Waals surface area contributed by atoms with Crippen LogP contribution in [0, 0.1) is 20.2 Å². The minimum Gasteiger partial charge on any atom is -0.462 e. The summed E-state index contributed by atoms with van der Waals surface area (Å²) in [6.45, 7) is 1.86. The molecular formula is C16H11ClN6O7S2. The van der Waals surface area contributed by atoms with E-state index >= 15 is 0 Å². The molecule has 4 heterocycles. The van der Waals surface area contributed by atoms with Crippen LogP contribution in [0.25, 0.3) is 21.8 Å². The maximum Gasteiger partial charge on any atom is 0.341 e. The number of nitrogens with two attached hydrogens (primary N) is 1. The molecule has 2 N–H and O–H groups in total. The molecule has 0 spiro atoms. The number of carbonyl (C=O) groups excluding carboxylic acids is 1. The van der Waals surface area contributed by atoms with Crippen molar-refractivity contribution in [3.63, 3.8) is 0 Å². The lowest BCUT2D eigenvalue weighted by Crippen LogP contribution is -2.05. The van der Waals surface area contributed by atoms with E-state index in [-0.39, 0.29) is 38.2 Å². The Morgan fingerprint density at radius 2 is 1.91 bits per heavy atom. The van der Waals surface area contributed by atoms with E-state index in [1.54, 1.807) is 13.0 Å². The van der Waals surface area contributed by atoms with Crippen LogP contribution in [0.2, 0.25) is 5.15 Å². The first-order chi connectivity index (χ1) is 15.2. The first-order valence-corrected chi connectivity index (χ1v) is 10.5. The Kier molecular flexibility index (Phi) is 6.92. The van der Waals surface area contributed by atoms with Crippen LogP contribution in [0.5, 0.6) is 0 Å². The zero-order chi connectivity index (χ0) is 23.4. The molecule has 0 bridgehead atoms. The molecule has 0 aliphatic carbocycles. The monoisotopic (exact) mass is 498 g/mol. The van der Waals surface area contributed by atoms with Crippen LogP contribution in [-0.2, 0) is 4.74 Å². The third kappa shape index (κ3) is 4.96. The van der Waals surface area contributed by atoms with Crippen LogP contribution >= 0.6 is 34.3 Å². The lowest BCUT2D eigenvalue weighted by Gasteiger charge is -1.98. The molecule has 32 heavy (non-hydrogen) atoms. The van der Waals surface area contributed by atoms with Gasteiger partial charge in [0.15, 0.2) is 0 Å². The molecule has 0 aliphatic heterocycles. The molecule has 0 radical (unpaired) electrons. The van der Waals surface area contributed by atoms with Gasteiger partial charge in [-0.05, 0) is 29.6 Å². The number of aromatic nitrogens is 3. The highest BCUT2D eigenvalue weighted by molar-refractivity contribution is 7.21. The highest BCUT2D eigenvalue weighted by Gasteiger charge is 2.21. The molecule has 13 nitrogen and oxygen atoms in total. The van der Waals surface area contributed by atoms with Crippen molar-refractivity contribution in [2.24, 2.45) is 0 Å². The molecule has 0 aromatic carbocycles. The molecule has 0 saturated carbocycles. The highest BCUT2D eigenvalue weighted by atomic mass is 35.5. The summed E-state index contributed by atoms with van der Waals surface area (Å²) >= 11 is 7.66. The summed E-state index contributed by atoms with van der Waals surface area (Å²) in [6, 6.07) is 4.06. The molecule has 0 saturated heterocycles. The first kappa shape index (κ1) is 23.0. The van der Waals surface area contributed by atoms with Gasteiger partial charge in [-0.3, -0.25) is 20.2 Å². The third-order valence-corrected chi connectivity index (χ3v) is 5.78. The fraction of sp³-hybridized carbons (Fsp3) is 0.125. The standard InChI is InChI=1S/C9H3ClN4O3S.C7H8N2O4S/c10-7-4-3-6(14(15)16)18-9(4)13-8(12-7)5-1-2-11-17-5;1-2-13-7(10)4-3-5(9(11)12)14-6(4)8/h1-3H;3H,2,8H2,1H3. The van der Waals surface area contributed by atoms with Crippen molar-refractivity contribution in [3.8, 4) is 11.6 Å². The Hall–Kier alpha value is -3.69. The van der Waals surface area contributed by atoms with Crippen molar-refractivity contribution in [2.75, 3.05) is 12.3 Å². The van der Waals surface area contributed by atoms with E-state index in [9.17, 15) is 25.0 Å². The molecule has 4 aromatic heterocycles. The minimum absolute atomic E-state index is 0.0316. The maximum atomic E-state index is 11.2. The van der Waals surface area contributed by atoms with E-state index in [0.717, 1.165) is 28.7 Å². The first-order valence-electron chi connectivity index (χ1n) is 8.44. The number of fused-ring (bicyclic) bond motifs is 1. The van der Waals surface area contributed by atoms with Crippen LogP contribution in [0.1, 0.15) is 17.3 Å². The lowest BCUT2D eigenvalue weighted by molar-refractivity contribution is -0.380. The Morgan fingerprint density at radius 1 is 1.22 bits per heavy atom. The number of carbonyl (C=O) groups is 1. The molecule has 0 unspecified atom stereocenters. The zero-order valence-corrected chi connectivity index (χ0v) is 18.3. The SMILES string of the molecule is CCOC(=O)c1cc([N+](=O)[O-])sc1N.O=[N+]([O-])c1cc2c(Cl)nc(-c3ccno3)nc2s1. The van der Waals surface area contributed by atoms with Crippen LogP contribution in [0.15, 0.2) is 28.9 Å². The van der Waals surface area contributed by atoms with Crippen LogP contribution < -0.4 is 5.73 Å². The van der Waals surface area contributed by atoms with E-state index in [0.29, 0.717) is 16.0 Å². The van der Waals surface area contributed by atoms with Gasteiger partial charge in [0.25, 0.3) is 0 Å². The van der Waals surface area contributed by atoms with Crippen molar-refractivity contribution < 1.29 is 23.9 Å². The summed E-state index contributed by atoms with van der Waals surface area (Å²) in [6.07, 6.45) is 1.45. The molecule has 16 heteroatoms. The van der Waals surface area contributed by atoms with Crippen molar-refractivity contribution >= 4 is 65.5 Å². The van der Waals surface area contributed by atoms with Gasteiger partial charge in [-0.25, -0.2) is 14.8 Å². The summed E-state index contributed by atoms with van der Waals surface area (Å²) in [7, 11) is 0. The van der Waals surface area contributed by atoms with Crippen molar-refractivity contribution in [2.45, 2.75) is 6.92 Å². The van der Waals surface area contributed by atoms with Gasteiger partial charge in [0.1, 0.15) is 20.5 Å². The number of nitrogen functional groups attached to an aromatic ring is 1. The van der Waals surface area contributed by atoms with Crippen LogP contribution in [0.3, 0.4) is 0 Å². The van der Waals surface area contributed by atoms with Crippen LogP contribution in [-0.4, -0.2) is 37.5 Å². The second-order valence-corrected chi connectivity index (χ2v) is 8.04. The average Bonchev–Trinajstić information content (AvgIpc) is 3.48. The quantitative estimate of drug-likeness (QED) is 0.178. The molecule has 0 amide bonds. The highest BCUT2D eigenvalue weighted by Crippen LogP contribution is 2.35. The number of thiophene rings is 2. The van der Waals surface area contributed by atoms with Gasteiger partial charge >= 0.3 is 16.0 Å². The minimum atomic E-state index is -0.630. The van der Waals surface area contributed by atoms with E-state index < -0.39 is 15.8 Å². The Bertz CT molecular complexity index is 1300.